The number of benzene rings is 1. The molecule has 0 amide bonds. The maximum atomic E-state index is 5.18. The standard InChI is InChI=1S/C14H16N2O/c1-17-14-4-2-3-13(9-14)11-16-10-12-5-7-15-8-6-12/h2-9,16H,10-11H2,1H3. The number of methoxy groups -OCH3 is 1. The van der Waals surface area contributed by atoms with E-state index in [0.29, 0.717) is 0 Å². The number of aromatic nitrogens is 1. The summed E-state index contributed by atoms with van der Waals surface area (Å²) in [5, 5.41) is 3.39. The van der Waals surface area contributed by atoms with Crippen molar-refractivity contribution in [3.8, 4) is 5.75 Å². The highest BCUT2D eigenvalue weighted by atomic mass is 16.5. The van der Waals surface area contributed by atoms with Gasteiger partial charge in [0.1, 0.15) is 5.75 Å². The van der Waals surface area contributed by atoms with Gasteiger partial charge in [0.05, 0.1) is 7.11 Å². The second-order valence-electron chi connectivity index (χ2n) is 3.81. The van der Waals surface area contributed by atoms with E-state index in [0.717, 1.165) is 18.8 Å². The minimum atomic E-state index is 0.833. The molecule has 3 heteroatoms. The van der Waals surface area contributed by atoms with E-state index in [9.17, 15) is 0 Å². The number of hydrogen-bond acceptors (Lipinski definition) is 3. The average molecular weight is 228 g/mol. The van der Waals surface area contributed by atoms with Gasteiger partial charge < -0.3 is 10.1 Å². The zero-order chi connectivity index (χ0) is 11.9. The van der Waals surface area contributed by atoms with Gasteiger partial charge in [0.25, 0.3) is 0 Å². The van der Waals surface area contributed by atoms with Crippen LogP contribution in [0.5, 0.6) is 5.75 Å². The maximum Gasteiger partial charge on any atom is 0.119 e. The summed E-state index contributed by atoms with van der Waals surface area (Å²) < 4.78 is 5.18. The highest BCUT2D eigenvalue weighted by Gasteiger charge is 1.96. The second kappa shape index (κ2) is 6.01. The van der Waals surface area contributed by atoms with Crippen LogP contribution < -0.4 is 10.1 Å². The Labute approximate surface area is 101 Å². The molecular weight excluding hydrogens is 212 g/mol. The van der Waals surface area contributed by atoms with Crippen LogP contribution in [0, 0.1) is 0 Å². The smallest absolute Gasteiger partial charge is 0.119 e. The first-order valence-corrected chi connectivity index (χ1v) is 5.61. The predicted octanol–water partition coefficient (Wildman–Crippen LogP) is 2.38. The van der Waals surface area contributed by atoms with Crippen LogP contribution >= 0.6 is 0 Å². The highest BCUT2D eigenvalue weighted by molar-refractivity contribution is 5.28. The Morgan fingerprint density at radius 3 is 2.59 bits per heavy atom. The molecule has 0 fully saturated rings. The summed E-state index contributed by atoms with van der Waals surface area (Å²) in [5.74, 6) is 0.896. The topological polar surface area (TPSA) is 34.1 Å². The number of ether oxygens (including phenoxy) is 1. The van der Waals surface area contributed by atoms with Crippen LogP contribution in [0.2, 0.25) is 0 Å². The molecule has 1 aromatic carbocycles. The third-order valence-corrected chi connectivity index (χ3v) is 2.54. The molecule has 3 nitrogen and oxygen atoms in total. The maximum absolute atomic E-state index is 5.18. The fourth-order valence-electron chi connectivity index (χ4n) is 1.63. The Hall–Kier alpha value is -1.87. The predicted molar refractivity (Wildman–Crippen MR) is 67.8 cm³/mol. The monoisotopic (exact) mass is 228 g/mol. The summed E-state index contributed by atoms with van der Waals surface area (Å²) in [6.07, 6.45) is 3.62. The molecule has 0 saturated heterocycles. The normalized spacial score (nSPS) is 10.2. The third kappa shape index (κ3) is 3.57. The van der Waals surface area contributed by atoms with Gasteiger partial charge in [-0.25, -0.2) is 0 Å². The Kier molecular flexibility index (Phi) is 4.11. The molecule has 1 N–H and O–H groups in total. The van der Waals surface area contributed by atoms with Gasteiger partial charge in [-0.2, -0.15) is 0 Å². The van der Waals surface area contributed by atoms with Crippen molar-refractivity contribution in [1.82, 2.24) is 10.3 Å². The van der Waals surface area contributed by atoms with Crippen molar-refractivity contribution >= 4 is 0 Å². The Bertz CT molecular complexity index is 457. The highest BCUT2D eigenvalue weighted by Crippen LogP contribution is 2.12. The van der Waals surface area contributed by atoms with E-state index in [-0.39, 0.29) is 0 Å². The van der Waals surface area contributed by atoms with Gasteiger partial charge in [-0.15, -0.1) is 0 Å². The molecule has 0 aliphatic heterocycles. The largest absolute Gasteiger partial charge is 0.497 e. The molecule has 0 unspecified atom stereocenters. The van der Waals surface area contributed by atoms with Gasteiger partial charge >= 0.3 is 0 Å². The first-order valence-electron chi connectivity index (χ1n) is 5.61. The fourth-order valence-corrected chi connectivity index (χ4v) is 1.63. The van der Waals surface area contributed by atoms with Gasteiger partial charge in [-0.1, -0.05) is 12.1 Å². The lowest BCUT2D eigenvalue weighted by molar-refractivity contribution is 0.414. The Morgan fingerprint density at radius 1 is 1.06 bits per heavy atom. The first kappa shape index (κ1) is 11.6. The molecule has 0 atom stereocenters. The lowest BCUT2D eigenvalue weighted by Crippen LogP contribution is -2.12. The molecule has 0 radical (unpaired) electrons. The van der Waals surface area contributed by atoms with Gasteiger partial charge in [-0.05, 0) is 35.4 Å². The molecule has 0 aliphatic carbocycles. The van der Waals surface area contributed by atoms with Crippen LogP contribution in [0.15, 0.2) is 48.8 Å². The Balaban J connectivity index is 1.86. The van der Waals surface area contributed by atoms with E-state index >= 15 is 0 Å². The SMILES string of the molecule is COc1cccc(CNCc2ccncc2)c1. The zero-order valence-electron chi connectivity index (χ0n) is 9.89. The summed E-state index contributed by atoms with van der Waals surface area (Å²) in [6, 6.07) is 12.1. The molecule has 0 bridgehead atoms. The molecule has 2 aromatic rings. The van der Waals surface area contributed by atoms with E-state index in [1.165, 1.54) is 11.1 Å². The molecule has 0 aliphatic rings. The van der Waals surface area contributed by atoms with Gasteiger partial charge in [-0.3, -0.25) is 4.98 Å². The number of rotatable bonds is 5. The molecule has 17 heavy (non-hydrogen) atoms. The van der Waals surface area contributed by atoms with Crippen LogP contribution in [0.1, 0.15) is 11.1 Å². The minimum absolute atomic E-state index is 0.833. The number of pyridine rings is 1. The summed E-state index contributed by atoms with van der Waals surface area (Å²) in [5.41, 5.74) is 2.46. The third-order valence-electron chi connectivity index (χ3n) is 2.54. The minimum Gasteiger partial charge on any atom is -0.497 e. The molecule has 88 valence electrons. The van der Waals surface area contributed by atoms with Gasteiger partial charge in [0.2, 0.25) is 0 Å². The van der Waals surface area contributed by atoms with Crippen molar-refractivity contribution in [2.24, 2.45) is 0 Å². The van der Waals surface area contributed by atoms with Crippen LogP contribution in [0.4, 0.5) is 0 Å². The van der Waals surface area contributed by atoms with E-state index in [4.69, 9.17) is 4.74 Å². The summed E-state index contributed by atoms with van der Waals surface area (Å²) in [6.45, 7) is 1.68. The molecule has 2 rings (SSSR count). The van der Waals surface area contributed by atoms with Crippen molar-refractivity contribution in [2.45, 2.75) is 13.1 Å². The molecule has 1 heterocycles. The molecule has 0 saturated carbocycles. The van der Waals surface area contributed by atoms with E-state index < -0.39 is 0 Å². The quantitative estimate of drug-likeness (QED) is 0.853. The lowest BCUT2D eigenvalue weighted by Gasteiger charge is -2.06. The van der Waals surface area contributed by atoms with Crippen LogP contribution in [-0.2, 0) is 13.1 Å². The summed E-state index contributed by atoms with van der Waals surface area (Å²) in [4.78, 5) is 3.99. The van der Waals surface area contributed by atoms with Crippen molar-refractivity contribution in [3.05, 3.63) is 59.9 Å². The molecular formula is C14H16N2O. The van der Waals surface area contributed by atoms with Crippen molar-refractivity contribution in [3.63, 3.8) is 0 Å². The fraction of sp³-hybridized carbons (Fsp3) is 0.214. The summed E-state index contributed by atoms with van der Waals surface area (Å²) in [7, 11) is 1.68. The van der Waals surface area contributed by atoms with Crippen LogP contribution in [0.3, 0.4) is 0 Å². The van der Waals surface area contributed by atoms with E-state index in [1.54, 1.807) is 7.11 Å². The Morgan fingerprint density at radius 2 is 1.82 bits per heavy atom. The first-order chi connectivity index (χ1) is 8.38. The second-order valence-corrected chi connectivity index (χ2v) is 3.81. The van der Waals surface area contributed by atoms with Crippen LogP contribution in [-0.4, -0.2) is 12.1 Å². The lowest BCUT2D eigenvalue weighted by atomic mass is 10.2. The van der Waals surface area contributed by atoms with Gasteiger partial charge in [0.15, 0.2) is 0 Å². The van der Waals surface area contributed by atoms with E-state index in [2.05, 4.69) is 16.4 Å². The number of nitrogens with zero attached hydrogens (tertiary/aromatic N) is 1. The molecule has 1 aromatic heterocycles. The van der Waals surface area contributed by atoms with E-state index in [1.807, 2.05) is 42.7 Å². The van der Waals surface area contributed by atoms with Gasteiger partial charge in [0, 0.05) is 25.5 Å². The van der Waals surface area contributed by atoms with Crippen molar-refractivity contribution in [1.29, 1.82) is 0 Å². The summed E-state index contributed by atoms with van der Waals surface area (Å²) >= 11 is 0. The number of nitrogens with one attached hydrogen (secondary N) is 1. The van der Waals surface area contributed by atoms with Crippen molar-refractivity contribution < 1.29 is 4.74 Å². The average Bonchev–Trinajstić information content (AvgIpc) is 2.40. The zero-order valence-corrected chi connectivity index (χ0v) is 9.89. The molecule has 0 spiro atoms. The number of hydrogen-bond donors (Lipinski definition) is 1. The van der Waals surface area contributed by atoms with Crippen molar-refractivity contribution in [2.75, 3.05) is 7.11 Å². The van der Waals surface area contributed by atoms with Crippen LogP contribution in [0.25, 0.3) is 0 Å².